The molecule has 2 heterocycles. The normalized spacial score (nSPS) is 21.4. The van der Waals surface area contributed by atoms with Crippen molar-refractivity contribution in [2.45, 2.75) is 64.0 Å². The van der Waals surface area contributed by atoms with Crippen LogP contribution in [0.5, 0.6) is 0 Å². The third-order valence-electron chi connectivity index (χ3n) is 5.36. The van der Waals surface area contributed by atoms with E-state index in [9.17, 15) is 4.79 Å². The molecule has 1 saturated carbocycles. The highest BCUT2D eigenvalue weighted by molar-refractivity contribution is 5.76. The molecule has 5 heteroatoms. The van der Waals surface area contributed by atoms with Crippen molar-refractivity contribution in [3.63, 3.8) is 0 Å². The first-order valence-corrected chi connectivity index (χ1v) is 9.29. The van der Waals surface area contributed by atoms with E-state index in [2.05, 4.69) is 15.3 Å². The molecule has 0 unspecified atom stereocenters. The lowest BCUT2D eigenvalue weighted by Crippen LogP contribution is -2.45. The second kappa shape index (κ2) is 8.48. The molecule has 1 aromatic rings. The van der Waals surface area contributed by atoms with Crippen LogP contribution in [0.25, 0.3) is 0 Å². The number of carbonyl (C=O) groups excluding carboxylic acids is 1. The van der Waals surface area contributed by atoms with Crippen LogP contribution in [-0.2, 0) is 11.3 Å². The number of hydrogen-bond acceptors (Lipinski definition) is 3. The van der Waals surface area contributed by atoms with Crippen molar-refractivity contribution in [2.24, 2.45) is 5.92 Å². The zero-order valence-electron chi connectivity index (χ0n) is 14.1. The van der Waals surface area contributed by atoms with Crippen LogP contribution < -0.4 is 5.32 Å². The quantitative estimate of drug-likeness (QED) is 0.876. The maximum absolute atomic E-state index is 12.2. The van der Waals surface area contributed by atoms with Crippen LogP contribution in [0.3, 0.4) is 0 Å². The van der Waals surface area contributed by atoms with Gasteiger partial charge < -0.3 is 10.2 Å². The Labute approximate surface area is 139 Å². The van der Waals surface area contributed by atoms with Gasteiger partial charge in [0.25, 0.3) is 0 Å². The average molecular weight is 318 g/mol. The highest BCUT2D eigenvalue weighted by Gasteiger charge is 2.22. The van der Waals surface area contributed by atoms with Gasteiger partial charge in [0.2, 0.25) is 5.91 Å². The Hall–Kier alpha value is -1.36. The van der Waals surface area contributed by atoms with Gasteiger partial charge in [-0.05, 0) is 37.7 Å². The number of hydrogen-bond donors (Lipinski definition) is 1. The summed E-state index contributed by atoms with van der Waals surface area (Å²) in [4.78, 5) is 14.7. The summed E-state index contributed by atoms with van der Waals surface area (Å²) in [6.45, 7) is 4.15. The Morgan fingerprint density at radius 2 is 1.87 bits per heavy atom. The number of nitrogens with zero attached hydrogens (tertiary/aromatic N) is 3. The summed E-state index contributed by atoms with van der Waals surface area (Å²) in [5, 5.41) is 7.52. The number of rotatable bonds is 6. The molecule has 0 radical (unpaired) electrons. The fourth-order valence-corrected chi connectivity index (χ4v) is 3.92. The van der Waals surface area contributed by atoms with E-state index < -0.39 is 0 Å². The molecule has 1 aliphatic carbocycles. The predicted molar refractivity (Wildman–Crippen MR) is 91.0 cm³/mol. The van der Waals surface area contributed by atoms with Gasteiger partial charge in [0.1, 0.15) is 0 Å². The Kier molecular flexibility index (Phi) is 6.08. The van der Waals surface area contributed by atoms with Crippen LogP contribution in [-0.4, -0.2) is 46.3 Å². The number of piperidine rings is 1. The zero-order valence-corrected chi connectivity index (χ0v) is 14.1. The molecule has 1 saturated heterocycles. The first-order valence-electron chi connectivity index (χ1n) is 9.29. The summed E-state index contributed by atoms with van der Waals surface area (Å²) in [5.74, 6) is 0.921. The smallest absolute Gasteiger partial charge is 0.220 e. The summed E-state index contributed by atoms with van der Waals surface area (Å²) in [7, 11) is 0. The highest BCUT2D eigenvalue weighted by Crippen LogP contribution is 2.26. The van der Waals surface area contributed by atoms with E-state index >= 15 is 0 Å². The summed E-state index contributed by atoms with van der Waals surface area (Å²) in [6.07, 6.45) is 13.2. The molecule has 23 heavy (non-hydrogen) atoms. The van der Waals surface area contributed by atoms with Gasteiger partial charge in [0, 0.05) is 44.5 Å². The summed E-state index contributed by atoms with van der Waals surface area (Å²) in [6, 6.07) is 2.35. The molecule has 0 aromatic carbocycles. The molecule has 0 atom stereocenters. The van der Waals surface area contributed by atoms with E-state index in [1.165, 1.54) is 32.1 Å². The van der Waals surface area contributed by atoms with Gasteiger partial charge in [-0.15, -0.1) is 0 Å². The maximum Gasteiger partial charge on any atom is 0.220 e. The molecular formula is C18H30N4O. The van der Waals surface area contributed by atoms with Crippen molar-refractivity contribution >= 4 is 5.91 Å². The lowest BCUT2D eigenvalue weighted by atomic mass is 9.86. The number of likely N-dealkylation sites (tertiary alicyclic amines) is 1. The maximum atomic E-state index is 12.2. The minimum absolute atomic E-state index is 0.284. The SMILES string of the molecule is O=C(CC1CCCCC1)NC1CCN(CCn2cccn2)CC1. The Morgan fingerprint density at radius 3 is 2.57 bits per heavy atom. The second-order valence-electron chi connectivity index (χ2n) is 7.16. The molecule has 0 bridgehead atoms. The number of carbonyl (C=O) groups is 1. The van der Waals surface area contributed by atoms with Crippen LogP contribution in [0, 0.1) is 5.92 Å². The monoisotopic (exact) mass is 318 g/mol. The van der Waals surface area contributed by atoms with E-state index in [4.69, 9.17) is 0 Å². The van der Waals surface area contributed by atoms with Crippen LogP contribution in [0.15, 0.2) is 18.5 Å². The molecule has 128 valence electrons. The van der Waals surface area contributed by atoms with Gasteiger partial charge in [-0.3, -0.25) is 9.48 Å². The molecular weight excluding hydrogens is 288 g/mol. The molecule has 2 aliphatic rings. The first kappa shape index (κ1) is 16.5. The van der Waals surface area contributed by atoms with Crippen molar-refractivity contribution in [3.8, 4) is 0 Å². The first-order chi connectivity index (χ1) is 11.3. The van der Waals surface area contributed by atoms with Crippen molar-refractivity contribution < 1.29 is 4.79 Å². The van der Waals surface area contributed by atoms with Crippen molar-refractivity contribution in [1.82, 2.24) is 20.0 Å². The van der Waals surface area contributed by atoms with Crippen LogP contribution in [0.2, 0.25) is 0 Å². The minimum Gasteiger partial charge on any atom is -0.353 e. The Bertz CT molecular complexity index is 459. The highest BCUT2D eigenvalue weighted by atomic mass is 16.1. The fraction of sp³-hybridized carbons (Fsp3) is 0.778. The third kappa shape index (κ3) is 5.34. The topological polar surface area (TPSA) is 50.2 Å². The Morgan fingerprint density at radius 1 is 1.09 bits per heavy atom. The van der Waals surface area contributed by atoms with Crippen LogP contribution in [0.1, 0.15) is 51.4 Å². The molecule has 1 aromatic heterocycles. The predicted octanol–water partition coefficient (Wildman–Crippen LogP) is 2.43. The van der Waals surface area contributed by atoms with Crippen LogP contribution in [0.4, 0.5) is 0 Å². The van der Waals surface area contributed by atoms with Gasteiger partial charge in [0.15, 0.2) is 0 Å². The number of nitrogens with one attached hydrogen (secondary N) is 1. The largest absolute Gasteiger partial charge is 0.353 e. The summed E-state index contributed by atoms with van der Waals surface area (Å²) < 4.78 is 1.98. The fourth-order valence-electron chi connectivity index (χ4n) is 3.92. The van der Waals surface area contributed by atoms with Crippen molar-refractivity contribution in [3.05, 3.63) is 18.5 Å². The summed E-state index contributed by atoms with van der Waals surface area (Å²) in [5.41, 5.74) is 0. The van der Waals surface area contributed by atoms with Gasteiger partial charge in [-0.1, -0.05) is 19.3 Å². The van der Waals surface area contributed by atoms with E-state index in [1.54, 1.807) is 0 Å². The van der Waals surface area contributed by atoms with E-state index in [0.717, 1.165) is 45.4 Å². The van der Waals surface area contributed by atoms with Gasteiger partial charge in [-0.25, -0.2) is 0 Å². The van der Waals surface area contributed by atoms with E-state index in [0.29, 0.717) is 12.0 Å². The lowest BCUT2D eigenvalue weighted by molar-refractivity contribution is -0.123. The summed E-state index contributed by atoms with van der Waals surface area (Å²) >= 11 is 0. The molecule has 5 nitrogen and oxygen atoms in total. The zero-order chi connectivity index (χ0) is 15.9. The molecule has 1 aliphatic heterocycles. The molecule has 3 rings (SSSR count). The average Bonchev–Trinajstić information content (AvgIpc) is 3.08. The number of amides is 1. The van der Waals surface area contributed by atoms with Gasteiger partial charge in [0.05, 0.1) is 6.54 Å². The molecule has 1 N–H and O–H groups in total. The van der Waals surface area contributed by atoms with E-state index in [-0.39, 0.29) is 5.91 Å². The second-order valence-corrected chi connectivity index (χ2v) is 7.16. The van der Waals surface area contributed by atoms with Crippen molar-refractivity contribution in [1.29, 1.82) is 0 Å². The van der Waals surface area contributed by atoms with Gasteiger partial charge >= 0.3 is 0 Å². The van der Waals surface area contributed by atoms with Crippen LogP contribution >= 0.6 is 0 Å². The standard InChI is InChI=1S/C18H30N4O/c23-18(15-16-5-2-1-3-6-16)20-17-7-11-21(12-8-17)13-14-22-10-4-9-19-22/h4,9-10,16-17H,1-3,5-8,11-15H2,(H,20,23). The molecule has 0 spiro atoms. The molecule has 1 amide bonds. The molecule has 2 fully saturated rings. The van der Waals surface area contributed by atoms with E-state index in [1.807, 2.05) is 23.1 Å². The van der Waals surface area contributed by atoms with Crippen molar-refractivity contribution in [2.75, 3.05) is 19.6 Å². The minimum atomic E-state index is 0.284. The third-order valence-corrected chi connectivity index (χ3v) is 5.36. The lowest BCUT2D eigenvalue weighted by Gasteiger charge is -2.32. The number of aromatic nitrogens is 2. The van der Waals surface area contributed by atoms with Gasteiger partial charge in [-0.2, -0.15) is 5.10 Å². The Balaban J connectivity index is 1.31.